The minimum absolute atomic E-state index is 0.357. The number of sulfone groups is 1. The Bertz CT molecular complexity index is 575. The normalized spacial score (nSPS) is 14.3. The molecule has 0 aliphatic carbocycles. The molecule has 1 aromatic heterocycles. The van der Waals surface area contributed by atoms with Crippen LogP contribution in [-0.4, -0.2) is 30.9 Å². The summed E-state index contributed by atoms with van der Waals surface area (Å²) in [5.74, 6) is -1.74. The van der Waals surface area contributed by atoms with Gasteiger partial charge in [-0.3, -0.25) is 0 Å². The van der Waals surface area contributed by atoms with Gasteiger partial charge in [0, 0.05) is 6.61 Å². The van der Waals surface area contributed by atoms with Crippen molar-refractivity contribution < 1.29 is 26.7 Å². The van der Waals surface area contributed by atoms with E-state index >= 15 is 0 Å². The summed E-state index contributed by atoms with van der Waals surface area (Å²) < 4.78 is 61.9. The molecule has 0 aromatic carbocycles. The van der Waals surface area contributed by atoms with E-state index in [1.807, 2.05) is 0 Å². The Balaban J connectivity index is 3.10. The average Bonchev–Trinajstić information content (AvgIpc) is 2.29. The molecule has 0 amide bonds. The van der Waals surface area contributed by atoms with E-state index in [1.165, 1.54) is 6.92 Å². The van der Waals surface area contributed by atoms with E-state index in [-0.39, 0.29) is 11.8 Å². The zero-order chi connectivity index (χ0) is 15.6. The standard InChI is InChI=1S/C11H13ClF3NO3S/c1-7(4-17)5-20(18,19)6-8-2-3-9(12)16-10(8)11(13,14)15/h2-3,7,17H,4-6H2,1H3. The van der Waals surface area contributed by atoms with Gasteiger partial charge in [-0.1, -0.05) is 24.6 Å². The van der Waals surface area contributed by atoms with Crippen LogP contribution in [0.1, 0.15) is 18.2 Å². The number of alkyl halides is 3. The van der Waals surface area contributed by atoms with E-state index in [1.54, 1.807) is 0 Å². The van der Waals surface area contributed by atoms with Crippen molar-refractivity contribution in [1.29, 1.82) is 0 Å². The lowest BCUT2D eigenvalue weighted by molar-refractivity contribution is -0.141. The third-order valence-corrected chi connectivity index (χ3v) is 4.48. The summed E-state index contributed by atoms with van der Waals surface area (Å²) in [5, 5.41) is 8.45. The second-order valence-electron chi connectivity index (χ2n) is 4.48. The van der Waals surface area contributed by atoms with Crippen molar-refractivity contribution in [3.8, 4) is 0 Å². The third-order valence-electron chi connectivity index (χ3n) is 2.44. The number of aliphatic hydroxyl groups is 1. The Morgan fingerprint density at radius 3 is 2.50 bits per heavy atom. The molecule has 0 saturated heterocycles. The van der Waals surface area contributed by atoms with Gasteiger partial charge in [0.2, 0.25) is 0 Å². The van der Waals surface area contributed by atoms with Crippen LogP contribution in [0.4, 0.5) is 13.2 Å². The Morgan fingerprint density at radius 2 is 2.00 bits per heavy atom. The van der Waals surface area contributed by atoms with E-state index < -0.39 is 44.7 Å². The van der Waals surface area contributed by atoms with E-state index in [4.69, 9.17) is 16.7 Å². The molecule has 1 aromatic rings. The average molecular weight is 332 g/mol. The van der Waals surface area contributed by atoms with Gasteiger partial charge in [-0.25, -0.2) is 13.4 Å². The molecule has 9 heteroatoms. The Hall–Kier alpha value is -0.860. The predicted molar refractivity (Wildman–Crippen MR) is 68.0 cm³/mol. The second kappa shape index (κ2) is 6.28. The quantitative estimate of drug-likeness (QED) is 0.841. The van der Waals surface area contributed by atoms with Crippen molar-refractivity contribution in [3.63, 3.8) is 0 Å². The van der Waals surface area contributed by atoms with Crippen LogP contribution in [0.3, 0.4) is 0 Å². The van der Waals surface area contributed by atoms with Crippen molar-refractivity contribution in [2.45, 2.75) is 18.9 Å². The lowest BCUT2D eigenvalue weighted by Gasteiger charge is -2.13. The number of pyridine rings is 1. The monoisotopic (exact) mass is 331 g/mol. The van der Waals surface area contributed by atoms with Crippen LogP contribution >= 0.6 is 11.6 Å². The van der Waals surface area contributed by atoms with Gasteiger partial charge in [-0.15, -0.1) is 0 Å². The lowest BCUT2D eigenvalue weighted by atomic mass is 10.2. The number of aliphatic hydroxyl groups excluding tert-OH is 1. The van der Waals surface area contributed by atoms with Gasteiger partial charge in [-0.05, 0) is 17.5 Å². The molecule has 0 radical (unpaired) electrons. The van der Waals surface area contributed by atoms with Crippen molar-refractivity contribution in [2.75, 3.05) is 12.4 Å². The molecule has 1 N–H and O–H groups in total. The minimum atomic E-state index is -4.78. The van der Waals surface area contributed by atoms with E-state index in [2.05, 4.69) is 4.98 Å². The van der Waals surface area contributed by atoms with Crippen LogP contribution in [0.5, 0.6) is 0 Å². The number of aromatic nitrogens is 1. The molecular formula is C11H13ClF3NO3S. The highest BCUT2D eigenvalue weighted by Crippen LogP contribution is 2.32. The van der Waals surface area contributed by atoms with Crippen LogP contribution in [0.25, 0.3) is 0 Å². The highest BCUT2D eigenvalue weighted by atomic mass is 35.5. The summed E-state index contributed by atoms with van der Waals surface area (Å²) in [6.07, 6.45) is -4.78. The Morgan fingerprint density at radius 1 is 1.40 bits per heavy atom. The molecule has 4 nitrogen and oxygen atoms in total. The van der Waals surface area contributed by atoms with E-state index in [0.29, 0.717) is 0 Å². The first-order chi connectivity index (χ1) is 9.05. The fourth-order valence-corrected chi connectivity index (χ4v) is 3.55. The van der Waals surface area contributed by atoms with Crippen LogP contribution in [0.2, 0.25) is 5.15 Å². The largest absolute Gasteiger partial charge is 0.433 e. The summed E-state index contributed by atoms with van der Waals surface area (Å²) in [6.45, 7) is 1.13. The topological polar surface area (TPSA) is 67.3 Å². The fraction of sp³-hybridized carbons (Fsp3) is 0.545. The van der Waals surface area contributed by atoms with E-state index in [9.17, 15) is 21.6 Å². The number of rotatable bonds is 5. The molecule has 1 rings (SSSR count). The van der Waals surface area contributed by atoms with Crippen molar-refractivity contribution in [3.05, 3.63) is 28.5 Å². The molecule has 1 unspecified atom stereocenters. The molecule has 0 fully saturated rings. The van der Waals surface area contributed by atoms with Crippen molar-refractivity contribution in [1.82, 2.24) is 4.98 Å². The highest BCUT2D eigenvalue weighted by Gasteiger charge is 2.36. The molecule has 1 atom stereocenters. The third kappa shape index (κ3) is 4.92. The van der Waals surface area contributed by atoms with Gasteiger partial charge in [-0.2, -0.15) is 13.2 Å². The van der Waals surface area contributed by atoms with Gasteiger partial charge in [0.05, 0.1) is 11.5 Å². The molecule has 0 aliphatic rings. The molecule has 1 heterocycles. The van der Waals surface area contributed by atoms with Crippen molar-refractivity contribution >= 4 is 21.4 Å². The molecule has 0 bridgehead atoms. The maximum absolute atomic E-state index is 12.8. The second-order valence-corrected chi connectivity index (χ2v) is 6.98. The van der Waals surface area contributed by atoms with Gasteiger partial charge < -0.3 is 5.11 Å². The lowest BCUT2D eigenvalue weighted by Crippen LogP contribution is -2.20. The Kier molecular flexibility index (Phi) is 5.39. The van der Waals surface area contributed by atoms with Crippen LogP contribution in [0.15, 0.2) is 12.1 Å². The Labute approximate surface area is 119 Å². The highest BCUT2D eigenvalue weighted by molar-refractivity contribution is 7.90. The molecular weight excluding hydrogens is 319 g/mol. The first-order valence-corrected chi connectivity index (χ1v) is 7.79. The van der Waals surface area contributed by atoms with Crippen LogP contribution in [-0.2, 0) is 21.8 Å². The predicted octanol–water partition coefficient (Wildman–Crippen LogP) is 2.30. The SMILES string of the molecule is CC(CO)CS(=O)(=O)Cc1ccc(Cl)nc1C(F)(F)F. The first-order valence-electron chi connectivity index (χ1n) is 5.59. The van der Waals surface area contributed by atoms with Crippen LogP contribution in [0, 0.1) is 5.92 Å². The van der Waals surface area contributed by atoms with Crippen LogP contribution < -0.4 is 0 Å². The molecule has 20 heavy (non-hydrogen) atoms. The summed E-state index contributed by atoms with van der Waals surface area (Å²) in [5.41, 5.74) is -1.75. The smallest absolute Gasteiger partial charge is 0.396 e. The van der Waals surface area contributed by atoms with Gasteiger partial charge in [0.25, 0.3) is 0 Å². The van der Waals surface area contributed by atoms with E-state index in [0.717, 1.165) is 12.1 Å². The molecule has 0 saturated carbocycles. The zero-order valence-corrected chi connectivity index (χ0v) is 12.1. The number of hydrogen-bond acceptors (Lipinski definition) is 4. The number of halogens is 4. The van der Waals surface area contributed by atoms with Gasteiger partial charge >= 0.3 is 6.18 Å². The zero-order valence-electron chi connectivity index (χ0n) is 10.5. The van der Waals surface area contributed by atoms with Gasteiger partial charge in [0.15, 0.2) is 9.84 Å². The summed E-state index contributed by atoms with van der Waals surface area (Å²) in [4.78, 5) is 3.15. The van der Waals surface area contributed by atoms with Crippen molar-refractivity contribution in [2.24, 2.45) is 5.92 Å². The maximum atomic E-state index is 12.8. The summed E-state index contributed by atoms with van der Waals surface area (Å²) >= 11 is 5.41. The maximum Gasteiger partial charge on any atom is 0.433 e. The molecule has 114 valence electrons. The number of nitrogens with zero attached hydrogens (tertiary/aromatic N) is 1. The summed E-state index contributed by atoms with van der Waals surface area (Å²) in [6, 6.07) is 2.11. The van der Waals surface area contributed by atoms with Gasteiger partial charge in [0.1, 0.15) is 10.8 Å². The molecule has 0 aliphatic heterocycles. The number of hydrogen-bond donors (Lipinski definition) is 1. The molecule has 0 spiro atoms. The fourth-order valence-electron chi connectivity index (χ4n) is 1.61. The first kappa shape index (κ1) is 17.2. The summed E-state index contributed by atoms with van der Waals surface area (Å²) in [7, 11) is -3.78. The minimum Gasteiger partial charge on any atom is -0.396 e.